The lowest BCUT2D eigenvalue weighted by molar-refractivity contribution is -0.136. The fraction of sp³-hybridized carbons (Fsp3) is 0.375. The zero-order valence-electron chi connectivity index (χ0n) is 20.3. The van der Waals surface area contributed by atoms with E-state index in [1.165, 1.54) is 15.8 Å². The summed E-state index contributed by atoms with van der Waals surface area (Å²) in [6, 6.07) is 4.47. The second-order valence-electron chi connectivity index (χ2n) is 9.57. The van der Waals surface area contributed by atoms with E-state index >= 15 is 0 Å². The molecule has 2 aliphatic heterocycles. The molecule has 4 amide bonds. The van der Waals surface area contributed by atoms with Gasteiger partial charge in [-0.3, -0.25) is 24.5 Å². The molecule has 0 bridgehead atoms. The Hall–Kier alpha value is -4.35. The van der Waals surface area contributed by atoms with Gasteiger partial charge in [0.1, 0.15) is 11.8 Å². The third-order valence-electron chi connectivity index (χ3n) is 6.58. The fourth-order valence-electron chi connectivity index (χ4n) is 4.98. The van der Waals surface area contributed by atoms with E-state index in [2.05, 4.69) is 26.1 Å². The summed E-state index contributed by atoms with van der Waals surface area (Å²) in [4.78, 5) is 51.0. The molecule has 1 unspecified atom stereocenters. The molecule has 5 rings (SSSR count). The molecule has 0 spiro atoms. The average Bonchev–Trinajstić information content (AvgIpc) is 3.51. The lowest BCUT2D eigenvalue weighted by Crippen LogP contribution is -2.52. The highest BCUT2D eigenvalue weighted by atomic mass is 16.5. The number of aryl methyl sites for hydroxylation is 2. The van der Waals surface area contributed by atoms with E-state index in [-0.39, 0.29) is 30.5 Å². The summed E-state index contributed by atoms with van der Waals surface area (Å²) in [7, 11) is 0. The largest absolute Gasteiger partial charge is 0.361 e. The van der Waals surface area contributed by atoms with Crippen molar-refractivity contribution < 1.29 is 23.7 Å². The van der Waals surface area contributed by atoms with Crippen LogP contribution in [0.4, 0.5) is 0 Å². The fourth-order valence-corrected chi connectivity index (χ4v) is 4.98. The van der Waals surface area contributed by atoms with Gasteiger partial charge in [-0.1, -0.05) is 10.4 Å². The van der Waals surface area contributed by atoms with Crippen LogP contribution >= 0.6 is 0 Å². The summed E-state index contributed by atoms with van der Waals surface area (Å²) in [5.74, 6) is -0.832. The van der Waals surface area contributed by atoms with Gasteiger partial charge in [0.25, 0.3) is 11.8 Å². The number of hydrogen-bond donors (Lipinski definition) is 2. The van der Waals surface area contributed by atoms with Gasteiger partial charge in [-0.15, -0.1) is 5.10 Å². The van der Waals surface area contributed by atoms with Gasteiger partial charge < -0.3 is 14.7 Å². The molecular formula is C24H25N7O5. The second-order valence-corrected chi connectivity index (χ2v) is 9.57. The van der Waals surface area contributed by atoms with E-state index in [1.807, 2.05) is 20.8 Å². The predicted octanol–water partition coefficient (Wildman–Crippen LogP) is 1.30. The van der Waals surface area contributed by atoms with Crippen molar-refractivity contribution in [3.8, 4) is 5.69 Å². The highest BCUT2D eigenvalue weighted by molar-refractivity contribution is 6.05. The van der Waals surface area contributed by atoms with Crippen LogP contribution in [0.25, 0.3) is 5.69 Å². The van der Waals surface area contributed by atoms with Crippen LogP contribution in [0.2, 0.25) is 0 Å². The zero-order valence-corrected chi connectivity index (χ0v) is 20.3. The molecule has 2 N–H and O–H groups in total. The summed E-state index contributed by atoms with van der Waals surface area (Å²) in [5.41, 5.74) is 2.70. The standard InChI is InChI=1S/C24H25N7O5/c1-12-20(13(2)36-28-12)24(3,4)26-21(33)17-11-31(29-27-17)15-5-6-16-14(9-15)10-30(23(16)35)18-7-8-19(32)25-22(18)34/h5-6,9,11,18H,7-8,10H2,1-4H3,(H,26,33)(H,25,32,34). The van der Waals surface area contributed by atoms with Gasteiger partial charge in [0.05, 0.1) is 23.1 Å². The predicted molar refractivity (Wildman–Crippen MR) is 124 cm³/mol. The lowest BCUT2D eigenvalue weighted by Gasteiger charge is -2.29. The normalized spacial score (nSPS) is 17.8. The Morgan fingerprint density at radius 3 is 2.69 bits per heavy atom. The van der Waals surface area contributed by atoms with Gasteiger partial charge in [0, 0.05) is 24.1 Å². The molecule has 1 fully saturated rings. The number of rotatable bonds is 5. The number of benzene rings is 1. The van der Waals surface area contributed by atoms with Gasteiger partial charge in [-0.05, 0) is 57.9 Å². The van der Waals surface area contributed by atoms with E-state index in [4.69, 9.17) is 4.52 Å². The number of fused-ring (bicyclic) bond motifs is 1. The topological polar surface area (TPSA) is 152 Å². The highest BCUT2D eigenvalue weighted by Gasteiger charge is 2.39. The molecule has 0 aliphatic carbocycles. The monoisotopic (exact) mass is 491 g/mol. The minimum Gasteiger partial charge on any atom is -0.361 e. The smallest absolute Gasteiger partial charge is 0.274 e. The van der Waals surface area contributed by atoms with Crippen molar-refractivity contribution >= 4 is 23.6 Å². The summed E-state index contributed by atoms with van der Waals surface area (Å²) in [6.45, 7) is 7.55. The number of carbonyl (C=O) groups is 4. The van der Waals surface area contributed by atoms with E-state index in [0.29, 0.717) is 29.1 Å². The molecule has 12 nitrogen and oxygen atoms in total. The molecule has 4 heterocycles. The van der Waals surface area contributed by atoms with Crippen LogP contribution in [-0.2, 0) is 21.7 Å². The molecule has 1 saturated heterocycles. The number of carbonyl (C=O) groups excluding carboxylic acids is 4. The van der Waals surface area contributed by atoms with Crippen molar-refractivity contribution in [1.82, 2.24) is 35.7 Å². The third kappa shape index (κ3) is 3.93. The number of nitrogens with zero attached hydrogens (tertiary/aromatic N) is 5. The van der Waals surface area contributed by atoms with Gasteiger partial charge in [0.15, 0.2) is 5.69 Å². The zero-order chi connectivity index (χ0) is 25.8. The quantitative estimate of drug-likeness (QED) is 0.507. The second kappa shape index (κ2) is 8.40. The molecule has 36 heavy (non-hydrogen) atoms. The molecule has 2 aliphatic rings. The minimum atomic E-state index is -0.748. The number of nitrogens with one attached hydrogen (secondary N) is 2. The van der Waals surface area contributed by atoms with Crippen molar-refractivity contribution in [2.75, 3.05) is 0 Å². The van der Waals surface area contributed by atoms with Crippen LogP contribution in [-0.4, -0.2) is 54.7 Å². The van der Waals surface area contributed by atoms with E-state index in [1.54, 1.807) is 25.1 Å². The molecule has 1 atom stereocenters. The first-order chi connectivity index (χ1) is 17.0. The van der Waals surface area contributed by atoms with Crippen LogP contribution in [0.1, 0.15) is 70.1 Å². The Balaban J connectivity index is 1.33. The Morgan fingerprint density at radius 2 is 2.00 bits per heavy atom. The van der Waals surface area contributed by atoms with E-state index in [0.717, 1.165) is 11.1 Å². The highest BCUT2D eigenvalue weighted by Crippen LogP contribution is 2.29. The molecule has 3 aromatic rings. The summed E-state index contributed by atoms with van der Waals surface area (Å²) >= 11 is 0. The number of imide groups is 1. The number of piperidine rings is 1. The van der Waals surface area contributed by atoms with Crippen LogP contribution < -0.4 is 10.6 Å². The maximum absolute atomic E-state index is 12.9. The summed E-state index contributed by atoms with van der Waals surface area (Å²) in [6.07, 6.45) is 2.00. The Bertz CT molecular complexity index is 1400. The average molecular weight is 492 g/mol. The van der Waals surface area contributed by atoms with Crippen molar-refractivity contribution in [2.45, 2.75) is 58.7 Å². The third-order valence-corrected chi connectivity index (χ3v) is 6.58. The number of hydrogen-bond acceptors (Lipinski definition) is 8. The first kappa shape index (κ1) is 23.4. The molecule has 186 valence electrons. The molecule has 2 aromatic heterocycles. The molecule has 1 aromatic carbocycles. The molecular weight excluding hydrogens is 466 g/mol. The van der Waals surface area contributed by atoms with Crippen molar-refractivity contribution in [3.63, 3.8) is 0 Å². The SMILES string of the molecule is Cc1noc(C)c1C(C)(C)NC(=O)c1cn(-c2ccc3c(c2)CN(C2CCC(=O)NC2=O)C3=O)nn1. The van der Waals surface area contributed by atoms with E-state index < -0.39 is 23.4 Å². The molecule has 0 saturated carbocycles. The minimum absolute atomic E-state index is 0.122. The molecule has 0 radical (unpaired) electrons. The van der Waals surface area contributed by atoms with Gasteiger partial charge in [0.2, 0.25) is 11.8 Å². The van der Waals surface area contributed by atoms with Crippen molar-refractivity contribution in [1.29, 1.82) is 0 Å². The van der Waals surface area contributed by atoms with Crippen molar-refractivity contribution in [3.05, 3.63) is 58.2 Å². The molecule has 12 heteroatoms. The maximum Gasteiger partial charge on any atom is 0.274 e. The summed E-state index contributed by atoms with van der Waals surface area (Å²) < 4.78 is 6.69. The van der Waals surface area contributed by atoms with Gasteiger partial charge in [-0.25, -0.2) is 4.68 Å². The number of amides is 4. The maximum atomic E-state index is 12.9. The lowest BCUT2D eigenvalue weighted by atomic mass is 9.92. The number of aromatic nitrogens is 4. The summed E-state index contributed by atoms with van der Waals surface area (Å²) in [5, 5.41) is 17.3. The Kier molecular flexibility index (Phi) is 5.46. The van der Waals surface area contributed by atoms with Crippen molar-refractivity contribution in [2.24, 2.45) is 0 Å². The van der Waals surface area contributed by atoms with Crippen LogP contribution in [0, 0.1) is 13.8 Å². The van der Waals surface area contributed by atoms with E-state index in [9.17, 15) is 19.2 Å². The Labute approximate surface area is 206 Å². The van der Waals surface area contributed by atoms with Crippen LogP contribution in [0.3, 0.4) is 0 Å². The van der Waals surface area contributed by atoms with Crippen LogP contribution in [0.15, 0.2) is 28.9 Å². The van der Waals surface area contributed by atoms with Crippen LogP contribution in [0.5, 0.6) is 0 Å². The Morgan fingerprint density at radius 1 is 1.22 bits per heavy atom. The van der Waals surface area contributed by atoms with Gasteiger partial charge >= 0.3 is 0 Å². The van der Waals surface area contributed by atoms with Gasteiger partial charge in [-0.2, -0.15) is 0 Å². The first-order valence-electron chi connectivity index (χ1n) is 11.5. The first-order valence-corrected chi connectivity index (χ1v) is 11.5.